The highest BCUT2D eigenvalue weighted by atomic mass is 16.5. The zero-order valence-electron chi connectivity index (χ0n) is 12.3. The molecule has 0 unspecified atom stereocenters. The third-order valence-electron chi connectivity index (χ3n) is 3.23. The Kier molecular flexibility index (Phi) is 4.93. The van der Waals surface area contributed by atoms with Crippen molar-refractivity contribution in [1.29, 1.82) is 0 Å². The molecule has 0 radical (unpaired) electrons. The number of anilines is 1. The van der Waals surface area contributed by atoms with Gasteiger partial charge in [-0.25, -0.2) is 4.79 Å². The molecule has 0 bridgehead atoms. The van der Waals surface area contributed by atoms with Crippen molar-refractivity contribution in [1.82, 2.24) is 5.32 Å². The van der Waals surface area contributed by atoms with Crippen molar-refractivity contribution in [2.75, 3.05) is 31.6 Å². The van der Waals surface area contributed by atoms with Gasteiger partial charge in [-0.2, -0.15) is 0 Å². The van der Waals surface area contributed by atoms with E-state index in [4.69, 9.17) is 9.47 Å². The molecule has 0 aliphatic carbocycles. The molecule has 6 nitrogen and oxygen atoms in total. The monoisotopic (exact) mass is 292 g/mol. The van der Waals surface area contributed by atoms with Crippen molar-refractivity contribution >= 4 is 17.6 Å². The average molecular weight is 292 g/mol. The number of benzene rings is 1. The number of hydrogen-bond donors (Lipinski definition) is 2. The molecule has 2 N–H and O–H groups in total. The lowest BCUT2D eigenvalue weighted by Crippen LogP contribution is -2.59. The van der Waals surface area contributed by atoms with Crippen molar-refractivity contribution in [3.05, 3.63) is 29.8 Å². The quantitative estimate of drug-likeness (QED) is 0.770. The van der Waals surface area contributed by atoms with Gasteiger partial charge in [0.1, 0.15) is 6.61 Å². The van der Waals surface area contributed by atoms with E-state index in [9.17, 15) is 9.59 Å². The number of carbonyl (C=O) groups excluding carboxylic acids is 2. The largest absolute Gasteiger partial charge is 0.462 e. The summed E-state index contributed by atoms with van der Waals surface area (Å²) in [6, 6.07) is 6.56. The van der Waals surface area contributed by atoms with Gasteiger partial charge in [-0.15, -0.1) is 0 Å². The number of rotatable bonds is 6. The zero-order valence-corrected chi connectivity index (χ0v) is 12.3. The van der Waals surface area contributed by atoms with Gasteiger partial charge < -0.3 is 20.1 Å². The molecule has 1 aromatic rings. The summed E-state index contributed by atoms with van der Waals surface area (Å²) in [5, 5.41) is 5.83. The van der Waals surface area contributed by atoms with E-state index >= 15 is 0 Å². The molecule has 1 aromatic carbocycles. The van der Waals surface area contributed by atoms with Crippen molar-refractivity contribution in [2.24, 2.45) is 0 Å². The van der Waals surface area contributed by atoms with E-state index in [0.717, 1.165) is 13.1 Å². The maximum absolute atomic E-state index is 11.8. The molecule has 0 saturated carbocycles. The van der Waals surface area contributed by atoms with Crippen LogP contribution in [0.4, 0.5) is 5.69 Å². The van der Waals surface area contributed by atoms with Crippen LogP contribution >= 0.6 is 0 Å². The first-order valence-electron chi connectivity index (χ1n) is 6.94. The lowest BCUT2D eigenvalue weighted by molar-refractivity contribution is -0.130. The second-order valence-electron chi connectivity index (χ2n) is 5.19. The van der Waals surface area contributed by atoms with Crippen LogP contribution in [0.3, 0.4) is 0 Å². The highest BCUT2D eigenvalue weighted by molar-refractivity contribution is 5.93. The number of carbonyl (C=O) groups is 2. The molecule has 114 valence electrons. The molecule has 2 rings (SSSR count). The number of hydrogen-bond acceptors (Lipinski definition) is 5. The van der Waals surface area contributed by atoms with Gasteiger partial charge in [-0.3, -0.25) is 4.79 Å². The maximum Gasteiger partial charge on any atom is 0.338 e. The summed E-state index contributed by atoms with van der Waals surface area (Å²) in [7, 11) is 0. The third-order valence-corrected chi connectivity index (χ3v) is 3.23. The second-order valence-corrected chi connectivity index (χ2v) is 5.19. The molecule has 21 heavy (non-hydrogen) atoms. The molecule has 1 amide bonds. The zero-order chi connectivity index (χ0) is 15.3. The Labute approximate surface area is 123 Å². The Morgan fingerprint density at radius 3 is 2.48 bits per heavy atom. The van der Waals surface area contributed by atoms with E-state index < -0.39 is 0 Å². The van der Waals surface area contributed by atoms with Crippen LogP contribution in [0.15, 0.2) is 24.3 Å². The molecule has 1 aliphatic heterocycles. The van der Waals surface area contributed by atoms with E-state index in [1.807, 2.05) is 6.92 Å². The van der Waals surface area contributed by atoms with Crippen molar-refractivity contribution < 1.29 is 19.1 Å². The first-order chi connectivity index (χ1) is 10.0. The Hall–Kier alpha value is -1.92. The van der Waals surface area contributed by atoms with E-state index in [1.54, 1.807) is 31.2 Å². The Balaban J connectivity index is 1.82. The SMILES string of the molecule is CCOC(=O)c1ccc(NC(=O)COC2(C)CNC2)cc1. The van der Waals surface area contributed by atoms with Crippen LogP contribution in [0.1, 0.15) is 24.2 Å². The fourth-order valence-electron chi connectivity index (χ4n) is 1.92. The molecule has 1 aliphatic rings. The van der Waals surface area contributed by atoms with Crippen molar-refractivity contribution in [3.8, 4) is 0 Å². The highest BCUT2D eigenvalue weighted by Crippen LogP contribution is 2.15. The summed E-state index contributed by atoms with van der Waals surface area (Å²) in [5.41, 5.74) is 0.832. The van der Waals surface area contributed by atoms with E-state index in [0.29, 0.717) is 17.9 Å². The molecule has 6 heteroatoms. The molecule has 0 aromatic heterocycles. The van der Waals surface area contributed by atoms with Gasteiger partial charge in [0.05, 0.1) is 17.8 Å². The standard InChI is InChI=1S/C15H20N2O4/c1-3-20-14(19)11-4-6-12(7-5-11)17-13(18)8-21-15(2)9-16-10-15/h4-7,16H,3,8-10H2,1-2H3,(H,17,18). The van der Waals surface area contributed by atoms with Crippen LogP contribution in [0.2, 0.25) is 0 Å². The smallest absolute Gasteiger partial charge is 0.338 e. The Morgan fingerprint density at radius 1 is 1.29 bits per heavy atom. The van der Waals surface area contributed by atoms with Gasteiger partial charge in [-0.1, -0.05) is 0 Å². The van der Waals surface area contributed by atoms with Crippen LogP contribution in [0, 0.1) is 0 Å². The van der Waals surface area contributed by atoms with Gasteiger partial charge >= 0.3 is 5.97 Å². The molecule has 0 atom stereocenters. The Bertz CT molecular complexity index is 509. The Morgan fingerprint density at radius 2 is 1.95 bits per heavy atom. The van der Waals surface area contributed by atoms with Gasteiger partial charge in [-0.05, 0) is 38.1 Å². The second kappa shape index (κ2) is 6.69. The predicted molar refractivity (Wildman–Crippen MR) is 78.3 cm³/mol. The predicted octanol–water partition coefficient (Wildman–Crippen LogP) is 1.18. The first kappa shape index (κ1) is 15.5. The minimum absolute atomic E-state index is 0.0117. The summed E-state index contributed by atoms with van der Waals surface area (Å²) < 4.78 is 10.4. The number of esters is 1. The topological polar surface area (TPSA) is 76.7 Å². The van der Waals surface area contributed by atoms with E-state index in [-0.39, 0.29) is 24.1 Å². The lowest BCUT2D eigenvalue weighted by Gasteiger charge is -2.38. The lowest BCUT2D eigenvalue weighted by atomic mass is 10.0. The third kappa shape index (κ3) is 4.27. The minimum Gasteiger partial charge on any atom is -0.462 e. The van der Waals surface area contributed by atoms with Crippen LogP contribution in [0.25, 0.3) is 0 Å². The fraction of sp³-hybridized carbons (Fsp3) is 0.467. The van der Waals surface area contributed by atoms with Crippen LogP contribution in [-0.4, -0.2) is 43.8 Å². The summed E-state index contributed by atoms with van der Waals surface area (Å²) in [5.74, 6) is -0.587. The normalized spacial score (nSPS) is 15.9. The summed E-state index contributed by atoms with van der Waals surface area (Å²) in [4.78, 5) is 23.3. The summed E-state index contributed by atoms with van der Waals surface area (Å²) in [6.07, 6.45) is 0. The molecular weight excluding hydrogens is 272 g/mol. The van der Waals surface area contributed by atoms with Gasteiger partial charge in [0, 0.05) is 18.8 Å². The summed E-state index contributed by atoms with van der Waals surface area (Å²) in [6.45, 7) is 5.58. The van der Waals surface area contributed by atoms with Crippen LogP contribution in [-0.2, 0) is 14.3 Å². The van der Waals surface area contributed by atoms with Gasteiger partial charge in [0.2, 0.25) is 5.91 Å². The molecular formula is C15H20N2O4. The first-order valence-corrected chi connectivity index (χ1v) is 6.94. The number of nitrogens with one attached hydrogen (secondary N) is 2. The molecule has 0 spiro atoms. The number of amides is 1. The van der Waals surface area contributed by atoms with E-state index in [1.165, 1.54) is 0 Å². The number of ether oxygens (including phenoxy) is 2. The highest BCUT2D eigenvalue weighted by Gasteiger charge is 2.32. The maximum atomic E-state index is 11.8. The van der Waals surface area contributed by atoms with Gasteiger partial charge in [0.25, 0.3) is 0 Å². The fourth-order valence-corrected chi connectivity index (χ4v) is 1.92. The van der Waals surface area contributed by atoms with E-state index in [2.05, 4.69) is 10.6 Å². The molecule has 1 saturated heterocycles. The summed E-state index contributed by atoms with van der Waals surface area (Å²) >= 11 is 0. The minimum atomic E-state index is -0.371. The molecule has 1 fully saturated rings. The van der Waals surface area contributed by atoms with Crippen molar-refractivity contribution in [3.63, 3.8) is 0 Å². The van der Waals surface area contributed by atoms with Gasteiger partial charge in [0.15, 0.2) is 0 Å². The average Bonchev–Trinajstić information content (AvgIpc) is 2.44. The van der Waals surface area contributed by atoms with Crippen LogP contribution in [0.5, 0.6) is 0 Å². The van der Waals surface area contributed by atoms with Crippen molar-refractivity contribution in [2.45, 2.75) is 19.4 Å². The van der Waals surface area contributed by atoms with Crippen LogP contribution < -0.4 is 10.6 Å². The molecule has 1 heterocycles.